The minimum absolute atomic E-state index is 0.472. The predicted molar refractivity (Wildman–Crippen MR) is 74.5 cm³/mol. The number of methoxy groups -OCH3 is 1. The van der Waals surface area contributed by atoms with Gasteiger partial charge in [-0.15, -0.1) is 0 Å². The topological polar surface area (TPSA) is 37.4 Å². The molecule has 18 heavy (non-hydrogen) atoms. The minimum Gasteiger partial charge on any atom is -0.383 e. The standard InChI is InChI=1S/C14H25N3O/c1-4-17(13(2)12-18-3)9-8-16-11-14-6-5-7-15-10-14/h5-7,10,13,16H,4,8-9,11-12H2,1-3H3. The second-order valence-corrected chi connectivity index (χ2v) is 4.47. The third kappa shape index (κ3) is 5.58. The third-order valence-corrected chi connectivity index (χ3v) is 3.07. The molecule has 1 heterocycles. The molecule has 0 aliphatic rings. The predicted octanol–water partition coefficient (Wildman–Crippen LogP) is 1.53. The molecule has 102 valence electrons. The molecule has 0 spiro atoms. The number of aromatic nitrogens is 1. The molecule has 0 fully saturated rings. The van der Waals surface area contributed by atoms with Crippen LogP contribution in [0.15, 0.2) is 24.5 Å². The molecular weight excluding hydrogens is 226 g/mol. The van der Waals surface area contributed by atoms with Gasteiger partial charge in [-0.3, -0.25) is 9.88 Å². The van der Waals surface area contributed by atoms with E-state index in [9.17, 15) is 0 Å². The Morgan fingerprint density at radius 2 is 2.33 bits per heavy atom. The van der Waals surface area contributed by atoms with Crippen molar-refractivity contribution in [3.05, 3.63) is 30.1 Å². The fourth-order valence-electron chi connectivity index (χ4n) is 1.99. The summed E-state index contributed by atoms with van der Waals surface area (Å²) in [6.07, 6.45) is 3.70. The Balaban J connectivity index is 2.19. The number of ether oxygens (including phenoxy) is 1. The van der Waals surface area contributed by atoms with E-state index >= 15 is 0 Å². The average Bonchev–Trinajstić information content (AvgIpc) is 2.40. The van der Waals surface area contributed by atoms with Gasteiger partial charge in [-0.05, 0) is 25.1 Å². The Hall–Kier alpha value is -0.970. The van der Waals surface area contributed by atoms with Crippen LogP contribution < -0.4 is 5.32 Å². The molecule has 4 heteroatoms. The molecule has 1 N–H and O–H groups in total. The molecular formula is C14H25N3O. The van der Waals surface area contributed by atoms with Crippen LogP contribution >= 0.6 is 0 Å². The normalized spacial score (nSPS) is 12.9. The molecule has 0 saturated heterocycles. The molecule has 0 saturated carbocycles. The fraction of sp³-hybridized carbons (Fsp3) is 0.643. The smallest absolute Gasteiger partial charge is 0.0615 e. The fourth-order valence-corrected chi connectivity index (χ4v) is 1.99. The number of hydrogen-bond acceptors (Lipinski definition) is 4. The van der Waals surface area contributed by atoms with Crippen LogP contribution in [-0.2, 0) is 11.3 Å². The van der Waals surface area contributed by atoms with Gasteiger partial charge in [-0.25, -0.2) is 0 Å². The van der Waals surface area contributed by atoms with Crippen molar-refractivity contribution in [1.29, 1.82) is 0 Å². The maximum absolute atomic E-state index is 5.19. The molecule has 0 radical (unpaired) electrons. The Kier molecular flexibility index (Phi) is 7.57. The van der Waals surface area contributed by atoms with E-state index in [1.165, 1.54) is 5.56 Å². The van der Waals surface area contributed by atoms with Gasteiger partial charge in [0.25, 0.3) is 0 Å². The quantitative estimate of drug-likeness (QED) is 0.675. The van der Waals surface area contributed by atoms with E-state index in [0.29, 0.717) is 6.04 Å². The van der Waals surface area contributed by atoms with Gasteiger partial charge in [0.2, 0.25) is 0 Å². The van der Waals surface area contributed by atoms with Crippen molar-refractivity contribution in [2.24, 2.45) is 0 Å². The summed E-state index contributed by atoms with van der Waals surface area (Å²) in [7, 11) is 1.75. The maximum atomic E-state index is 5.19. The van der Waals surface area contributed by atoms with E-state index in [1.54, 1.807) is 13.3 Å². The lowest BCUT2D eigenvalue weighted by Gasteiger charge is -2.27. The molecule has 1 atom stereocenters. The molecule has 0 aromatic carbocycles. The summed E-state index contributed by atoms with van der Waals surface area (Å²) in [4.78, 5) is 6.52. The lowest BCUT2D eigenvalue weighted by molar-refractivity contribution is 0.103. The van der Waals surface area contributed by atoms with Crippen molar-refractivity contribution >= 4 is 0 Å². The first-order valence-electron chi connectivity index (χ1n) is 6.60. The number of nitrogens with one attached hydrogen (secondary N) is 1. The van der Waals surface area contributed by atoms with Crippen molar-refractivity contribution in [3.63, 3.8) is 0 Å². The summed E-state index contributed by atoms with van der Waals surface area (Å²) >= 11 is 0. The highest BCUT2D eigenvalue weighted by atomic mass is 16.5. The summed E-state index contributed by atoms with van der Waals surface area (Å²) < 4.78 is 5.19. The molecule has 1 aromatic rings. The van der Waals surface area contributed by atoms with Crippen LogP contribution in [0.25, 0.3) is 0 Å². The van der Waals surface area contributed by atoms with Gasteiger partial charge in [0.15, 0.2) is 0 Å². The highest BCUT2D eigenvalue weighted by Crippen LogP contribution is 1.99. The van der Waals surface area contributed by atoms with E-state index in [0.717, 1.165) is 32.8 Å². The number of nitrogens with zero attached hydrogens (tertiary/aromatic N) is 2. The van der Waals surface area contributed by atoms with Crippen LogP contribution in [0.2, 0.25) is 0 Å². The first-order chi connectivity index (χ1) is 8.77. The molecule has 0 aliphatic heterocycles. The maximum Gasteiger partial charge on any atom is 0.0615 e. The van der Waals surface area contributed by atoms with Crippen LogP contribution in [0.1, 0.15) is 19.4 Å². The van der Waals surface area contributed by atoms with Crippen LogP contribution in [0, 0.1) is 0 Å². The highest BCUT2D eigenvalue weighted by Gasteiger charge is 2.10. The van der Waals surface area contributed by atoms with Crippen molar-refractivity contribution in [3.8, 4) is 0 Å². The Morgan fingerprint density at radius 1 is 1.50 bits per heavy atom. The lowest BCUT2D eigenvalue weighted by atomic mass is 10.2. The third-order valence-electron chi connectivity index (χ3n) is 3.07. The van der Waals surface area contributed by atoms with Gasteiger partial charge in [0, 0.05) is 45.2 Å². The van der Waals surface area contributed by atoms with E-state index < -0.39 is 0 Å². The highest BCUT2D eigenvalue weighted by molar-refractivity contribution is 5.07. The second-order valence-electron chi connectivity index (χ2n) is 4.47. The lowest BCUT2D eigenvalue weighted by Crippen LogP contribution is -2.40. The van der Waals surface area contributed by atoms with E-state index in [-0.39, 0.29) is 0 Å². The summed E-state index contributed by atoms with van der Waals surface area (Å²) in [5.74, 6) is 0. The largest absolute Gasteiger partial charge is 0.383 e. The first-order valence-corrected chi connectivity index (χ1v) is 6.60. The van der Waals surface area contributed by atoms with Gasteiger partial charge in [-0.1, -0.05) is 13.0 Å². The zero-order valence-corrected chi connectivity index (χ0v) is 11.7. The van der Waals surface area contributed by atoms with Gasteiger partial charge in [0.05, 0.1) is 6.61 Å². The van der Waals surface area contributed by atoms with Crippen molar-refractivity contribution in [2.75, 3.05) is 33.4 Å². The number of hydrogen-bond donors (Lipinski definition) is 1. The SMILES string of the molecule is CCN(CCNCc1cccnc1)C(C)COC. The van der Waals surface area contributed by atoms with Gasteiger partial charge in [-0.2, -0.15) is 0 Å². The minimum atomic E-state index is 0.472. The number of likely N-dealkylation sites (N-methyl/N-ethyl adjacent to an activating group) is 1. The molecule has 0 bridgehead atoms. The molecule has 1 rings (SSSR count). The van der Waals surface area contributed by atoms with Gasteiger partial charge in [0.1, 0.15) is 0 Å². The molecule has 0 aliphatic carbocycles. The Bertz CT molecular complexity index is 305. The van der Waals surface area contributed by atoms with Crippen molar-refractivity contribution in [2.45, 2.75) is 26.4 Å². The zero-order valence-electron chi connectivity index (χ0n) is 11.7. The summed E-state index contributed by atoms with van der Waals surface area (Å²) in [5.41, 5.74) is 1.23. The second kappa shape index (κ2) is 9.03. The molecule has 4 nitrogen and oxygen atoms in total. The van der Waals surface area contributed by atoms with E-state index in [2.05, 4.69) is 35.1 Å². The van der Waals surface area contributed by atoms with Crippen molar-refractivity contribution in [1.82, 2.24) is 15.2 Å². The Morgan fingerprint density at radius 3 is 2.94 bits per heavy atom. The van der Waals surface area contributed by atoms with Crippen LogP contribution in [0.4, 0.5) is 0 Å². The Labute approximate surface area is 110 Å². The van der Waals surface area contributed by atoms with Crippen molar-refractivity contribution < 1.29 is 4.74 Å². The molecule has 1 unspecified atom stereocenters. The van der Waals surface area contributed by atoms with E-state index in [1.807, 2.05) is 12.3 Å². The van der Waals surface area contributed by atoms with Gasteiger partial charge < -0.3 is 10.1 Å². The van der Waals surface area contributed by atoms with E-state index in [4.69, 9.17) is 4.74 Å². The molecule has 0 amide bonds. The zero-order chi connectivity index (χ0) is 13.2. The summed E-state index contributed by atoms with van der Waals surface area (Å²) in [6, 6.07) is 4.53. The first kappa shape index (κ1) is 15.1. The average molecular weight is 251 g/mol. The number of pyridine rings is 1. The summed E-state index contributed by atoms with van der Waals surface area (Å²) in [6.45, 7) is 9.14. The number of rotatable bonds is 9. The van der Waals surface area contributed by atoms with Crippen LogP contribution in [0.3, 0.4) is 0 Å². The van der Waals surface area contributed by atoms with Crippen LogP contribution in [0.5, 0.6) is 0 Å². The van der Waals surface area contributed by atoms with Gasteiger partial charge >= 0.3 is 0 Å². The molecule has 1 aromatic heterocycles. The summed E-state index contributed by atoms with van der Waals surface area (Å²) in [5, 5.41) is 3.44. The monoisotopic (exact) mass is 251 g/mol. The van der Waals surface area contributed by atoms with Crippen LogP contribution in [-0.4, -0.2) is 49.3 Å².